The van der Waals surface area contributed by atoms with Gasteiger partial charge in [0.1, 0.15) is 12.4 Å². The monoisotopic (exact) mass is 285 g/mol. The Balaban J connectivity index is 0.00000180. The Morgan fingerprint density at radius 3 is 2.58 bits per heavy atom. The summed E-state index contributed by atoms with van der Waals surface area (Å²) in [6.07, 6.45) is 1.54. The number of aliphatic hydroxyl groups is 1. The standard InChI is InChI=1S/C14H13NO3.Ca.2H/c16-9-12(18)7-11(17)8-14-13-4-2-1-3-10(13)5-6-15-14;;;/h1-6,16H,7-9H2;;;. The van der Waals surface area contributed by atoms with Crippen molar-refractivity contribution in [1.82, 2.24) is 4.98 Å². The molecule has 0 aliphatic heterocycles. The molecular formula is C14H15CaNO3. The van der Waals surface area contributed by atoms with E-state index in [0.717, 1.165) is 10.8 Å². The van der Waals surface area contributed by atoms with E-state index in [4.69, 9.17) is 5.11 Å². The Morgan fingerprint density at radius 2 is 1.84 bits per heavy atom. The van der Waals surface area contributed by atoms with Crippen LogP contribution < -0.4 is 0 Å². The summed E-state index contributed by atoms with van der Waals surface area (Å²) in [5.41, 5.74) is 0.670. The molecule has 96 valence electrons. The van der Waals surface area contributed by atoms with Gasteiger partial charge in [0.25, 0.3) is 0 Å². The van der Waals surface area contributed by atoms with Crippen LogP contribution in [0.25, 0.3) is 10.8 Å². The van der Waals surface area contributed by atoms with E-state index in [0.29, 0.717) is 5.69 Å². The van der Waals surface area contributed by atoms with Gasteiger partial charge in [0.15, 0.2) is 5.78 Å². The van der Waals surface area contributed by atoms with Crippen molar-refractivity contribution in [1.29, 1.82) is 0 Å². The summed E-state index contributed by atoms with van der Waals surface area (Å²) in [5.74, 6) is -0.682. The van der Waals surface area contributed by atoms with Crippen molar-refractivity contribution in [3.8, 4) is 0 Å². The Bertz CT molecular complexity index is 593. The van der Waals surface area contributed by atoms with Gasteiger partial charge in [0.2, 0.25) is 0 Å². The molecule has 0 aliphatic carbocycles. The molecule has 0 spiro atoms. The Hall–Kier alpha value is -0.810. The summed E-state index contributed by atoms with van der Waals surface area (Å²) in [6.45, 7) is -0.589. The number of Topliss-reactive ketones (excluding diaryl/α,β-unsaturated/α-hetero) is 2. The van der Waals surface area contributed by atoms with Crippen LogP contribution in [0, 0.1) is 0 Å². The van der Waals surface area contributed by atoms with Crippen LogP contribution in [-0.2, 0) is 16.0 Å². The third-order valence-electron chi connectivity index (χ3n) is 2.69. The first-order valence-electron chi connectivity index (χ1n) is 5.67. The van der Waals surface area contributed by atoms with E-state index in [2.05, 4.69) is 4.98 Å². The van der Waals surface area contributed by atoms with Crippen LogP contribution in [0.4, 0.5) is 0 Å². The zero-order valence-corrected chi connectivity index (χ0v) is 9.80. The summed E-state index contributed by atoms with van der Waals surface area (Å²) in [4.78, 5) is 26.8. The summed E-state index contributed by atoms with van der Waals surface area (Å²) >= 11 is 0. The first-order chi connectivity index (χ1) is 8.70. The zero-order valence-electron chi connectivity index (χ0n) is 9.80. The van der Waals surface area contributed by atoms with Crippen molar-refractivity contribution >= 4 is 60.1 Å². The molecule has 19 heavy (non-hydrogen) atoms. The van der Waals surface area contributed by atoms with E-state index in [-0.39, 0.29) is 56.4 Å². The van der Waals surface area contributed by atoms with Gasteiger partial charge >= 0.3 is 37.7 Å². The van der Waals surface area contributed by atoms with Crippen molar-refractivity contribution in [2.75, 3.05) is 6.61 Å². The average Bonchev–Trinajstić information content (AvgIpc) is 2.39. The van der Waals surface area contributed by atoms with Crippen molar-refractivity contribution in [2.24, 2.45) is 0 Å². The van der Waals surface area contributed by atoms with Gasteiger partial charge in [-0.25, -0.2) is 0 Å². The predicted molar refractivity (Wildman–Crippen MR) is 75.7 cm³/mol. The van der Waals surface area contributed by atoms with Crippen LogP contribution in [0.3, 0.4) is 0 Å². The normalized spacial score (nSPS) is 9.95. The van der Waals surface area contributed by atoms with Crippen molar-refractivity contribution in [3.63, 3.8) is 0 Å². The molecule has 0 saturated heterocycles. The van der Waals surface area contributed by atoms with Crippen molar-refractivity contribution < 1.29 is 14.7 Å². The molecule has 0 saturated carbocycles. The van der Waals surface area contributed by atoms with E-state index < -0.39 is 12.4 Å². The number of aromatic nitrogens is 1. The van der Waals surface area contributed by atoms with Gasteiger partial charge < -0.3 is 5.11 Å². The van der Waals surface area contributed by atoms with E-state index >= 15 is 0 Å². The van der Waals surface area contributed by atoms with Crippen LogP contribution in [0.5, 0.6) is 0 Å². The molecule has 1 aromatic carbocycles. The first-order valence-corrected chi connectivity index (χ1v) is 5.67. The van der Waals surface area contributed by atoms with Crippen LogP contribution in [0.15, 0.2) is 36.5 Å². The summed E-state index contributed by atoms with van der Waals surface area (Å²) < 4.78 is 0. The third-order valence-corrected chi connectivity index (χ3v) is 2.69. The zero-order chi connectivity index (χ0) is 13.0. The number of pyridine rings is 1. The van der Waals surface area contributed by atoms with Crippen molar-refractivity contribution in [2.45, 2.75) is 12.8 Å². The summed E-state index contributed by atoms with van der Waals surface area (Å²) in [5, 5.41) is 10.5. The molecule has 0 amide bonds. The number of carbonyl (C=O) groups is 2. The molecular weight excluding hydrogens is 270 g/mol. The number of ketones is 2. The number of aliphatic hydroxyl groups excluding tert-OH is 1. The first kappa shape index (κ1) is 16.2. The van der Waals surface area contributed by atoms with Gasteiger partial charge in [0.05, 0.1) is 12.1 Å². The minimum absolute atomic E-state index is 0. The van der Waals surface area contributed by atoms with Gasteiger partial charge in [-0.05, 0) is 11.5 Å². The maximum atomic E-state index is 11.7. The van der Waals surface area contributed by atoms with Gasteiger partial charge in [-0.3, -0.25) is 14.6 Å². The van der Waals surface area contributed by atoms with Crippen LogP contribution in [-0.4, -0.2) is 66.0 Å². The molecule has 4 nitrogen and oxygen atoms in total. The topological polar surface area (TPSA) is 67.3 Å². The second-order valence-corrected chi connectivity index (χ2v) is 4.07. The molecule has 2 aromatic rings. The van der Waals surface area contributed by atoms with Gasteiger partial charge in [-0.15, -0.1) is 0 Å². The molecule has 0 radical (unpaired) electrons. The summed E-state index contributed by atoms with van der Waals surface area (Å²) in [6, 6.07) is 9.53. The molecule has 5 heteroatoms. The molecule has 0 unspecified atom stereocenters. The van der Waals surface area contributed by atoms with Crippen LogP contribution in [0.1, 0.15) is 12.1 Å². The number of hydrogen-bond donors (Lipinski definition) is 1. The quantitative estimate of drug-likeness (QED) is 0.637. The second kappa shape index (κ2) is 7.70. The fraction of sp³-hybridized carbons (Fsp3) is 0.214. The molecule has 2 rings (SSSR count). The number of fused-ring (bicyclic) bond motifs is 1. The molecule has 0 fully saturated rings. The van der Waals surface area contributed by atoms with E-state index in [1.54, 1.807) is 6.20 Å². The average molecular weight is 285 g/mol. The number of benzene rings is 1. The SMILES string of the molecule is O=C(CO)CC(=O)Cc1nccc2ccccc12.[CaH2]. The Labute approximate surface area is 140 Å². The van der Waals surface area contributed by atoms with Crippen LogP contribution >= 0.6 is 0 Å². The number of hydrogen-bond acceptors (Lipinski definition) is 4. The second-order valence-electron chi connectivity index (χ2n) is 4.07. The molecule has 1 aromatic heterocycles. The maximum absolute atomic E-state index is 11.7. The molecule has 0 aliphatic rings. The fourth-order valence-electron chi connectivity index (χ4n) is 1.85. The molecule has 1 heterocycles. The fourth-order valence-corrected chi connectivity index (χ4v) is 1.85. The number of carbonyl (C=O) groups excluding carboxylic acids is 2. The van der Waals surface area contributed by atoms with Gasteiger partial charge in [-0.1, -0.05) is 24.3 Å². The molecule has 1 N–H and O–H groups in total. The molecule has 0 bridgehead atoms. The van der Waals surface area contributed by atoms with Gasteiger partial charge in [-0.2, -0.15) is 0 Å². The Kier molecular flexibility index (Phi) is 6.58. The molecule has 0 atom stereocenters. The summed E-state index contributed by atoms with van der Waals surface area (Å²) in [7, 11) is 0. The van der Waals surface area contributed by atoms with Crippen LogP contribution in [0.2, 0.25) is 0 Å². The van der Waals surface area contributed by atoms with E-state index in [1.165, 1.54) is 0 Å². The van der Waals surface area contributed by atoms with E-state index in [1.807, 2.05) is 30.3 Å². The number of nitrogens with zero attached hydrogens (tertiary/aromatic N) is 1. The third kappa shape index (κ3) is 4.35. The van der Waals surface area contributed by atoms with Crippen molar-refractivity contribution in [3.05, 3.63) is 42.2 Å². The number of rotatable bonds is 5. The Morgan fingerprint density at radius 1 is 1.11 bits per heavy atom. The predicted octanol–water partition coefficient (Wildman–Crippen LogP) is 0.382. The minimum atomic E-state index is -0.589. The van der Waals surface area contributed by atoms with E-state index in [9.17, 15) is 9.59 Å². The van der Waals surface area contributed by atoms with Gasteiger partial charge in [0, 0.05) is 18.0 Å².